The molecule has 1 aliphatic carbocycles. The molecule has 10 aromatic rings. The van der Waals surface area contributed by atoms with Gasteiger partial charge in [-0.2, -0.15) is 0 Å². The number of para-hydroxylation sites is 1. The lowest BCUT2D eigenvalue weighted by Crippen LogP contribution is -2.15. The molecule has 0 amide bonds. The molecule has 0 radical (unpaired) electrons. The number of fused-ring (bicyclic) bond motifs is 12. The van der Waals surface area contributed by atoms with E-state index in [-0.39, 0.29) is 5.41 Å². The predicted molar refractivity (Wildman–Crippen MR) is 202 cm³/mol. The van der Waals surface area contributed by atoms with Crippen molar-refractivity contribution in [1.82, 2.24) is 14.5 Å². The Balaban J connectivity index is 1.26. The summed E-state index contributed by atoms with van der Waals surface area (Å²) in [6.07, 6.45) is 0. The second kappa shape index (κ2) is 9.42. The largest absolute Gasteiger partial charge is 0.452 e. The highest BCUT2D eigenvalue weighted by molar-refractivity contribution is 6.23. The van der Waals surface area contributed by atoms with Crippen molar-refractivity contribution in [3.05, 3.63) is 151 Å². The quantitative estimate of drug-likeness (QED) is 0.192. The van der Waals surface area contributed by atoms with Gasteiger partial charge < -0.3 is 4.42 Å². The number of aromatic nitrogens is 3. The summed E-state index contributed by atoms with van der Waals surface area (Å²) in [6.45, 7) is 4.63. The van der Waals surface area contributed by atoms with Crippen LogP contribution in [0.4, 0.5) is 0 Å². The van der Waals surface area contributed by atoms with Gasteiger partial charge in [0.25, 0.3) is 0 Å². The van der Waals surface area contributed by atoms with Gasteiger partial charge in [0.15, 0.2) is 5.58 Å². The van der Waals surface area contributed by atoms with Crippen LogP contribution in [0.3, 0.4) is 0 Å². The van der Waals surface area contributed by atoms with Crippen molar-refractivity contribution in [2.45, 2.75) is 19.3 Å². The third-order valence-electron chi connectivity index (χ3n) is 10.8. The number of hydrogen-bond donors (Lipinski definition) is 0. The molecule has 0 atom stereocenters. The van der Waals surface area contributed by atoms with Gasteiger partial charge >= 0.3 is 0 Å². The summed E-state index contributed by atoms with van der Waals surface area (Å²) in [7, 11) is 0. The van der Waals surface area contributed by atoms with Crippen LogP contribution in [0, 0.1) is 0 Å². The maximum absolute atomic E-state index is 6.60. The van der Waals surface area contributed by atoms with E-state index in [1.165, 1.54) is 54.6 Å². The normalized spacial score (nSPS) is 13.7. The Hall–Kier alpha value is -6.26. The second-order valence-electron chi connectivity index (χ2n) is 13.8. The number of benzene rings is 7. The molecule has 4 heteroatoms. The second-order valence-corrected chi connectivity index (χ2v) is 13.8. The summed E-state index contributed by atoms with van der Waals surface area (Å²) < 4.78 is 8.85. The molecule has 7 aromatic carbocycles. The van der Waals surface area contributed by atoms with E-state index in [9.17, 15) is 0 Å². The number of rotatable bonds is 2. The lowest BCUT2D eigenvalue weighted by Gasteiger charge is -2.22. The monoisotopic (exact) mass is 627 g/mol. The third kappa shape index (κ3) is 3.58. The summed E-state index contributed by atoms with van der Waals surface area (Å²) in [5, 5.41) is 8.19. The standard InChI is InChI=1S/C45H29N3O/c1-45(2)35-17-9-7-15-31(35)32-21-19-29(24-36(32)45)41-43-42(33-16-8-10-18-39(33)49-43)47-44(46-41)48-37-22-20-26-11-5-6-14-30(26)40(37)34-23-27-12-3-4-13-28(27)25-38(34)48/h3-25H,1-2H3. The van der Waals surface area contributed by atoms with Crippen molar-refractivity contribution >= 4 is 65.4 Å². The van der Waals surface area contributed by atoms with Crippen LogP contribution in [-0.2, 0) is 5.41 Å². The minimum Gasteiger partial charge on any atom is -0.452 e. The van der Waals surface area contributed by atoms with E-state index in [2.05, 4.69) is 140 Å². The van der Waals surface area contributed by atoms with E-state index in [0.717, 1.165) is 38.8 Å². The first-order valence-corrected chi connectivity index (χ1v) is 16.8. The van der Waals surface area contributed by atoms with Crippen molar-refractivity contribution in [3.63, 3.8) is 0 Å². The fourth-order valence-electron chi connectivity index (χ4n) is 8.41. The minimum absolute atomic E-state index is 0.139. The van der Waals surface area contributed by atoms with Crippen LogP contribution in [0.2, 0.25) is 0 Å². The highest BCUT2D eigenvalue weighted by atomic mass is 16.3. The number of hydrogen-bond acceptors (Lipinski definition) is 3. The predicted octanol–water partition coefficient (Wildman–Crippen LogP) is 11.8. The van der Waals surface area contributed by atoms with E-state index in [1.54, 1.807) is 0 Å². The Labute approximate surface area is 281 Å². The van der Waals surface area contributed by atoms with E-state index in [1.807, 2.05) is 18.2 Å². The first-order valence-electron chi connectivity index (χ1n) is 16.8. The van der Waals surface area contributed by atoms with Gasteiger partial charge in [-0.25, -0.2) is 9.97 Å². The summed E-state index contributed by atoms with van der Waals surface area (Å²) >= 11 is 0. The molecule has 230 valence electrons. The van der Waals surface area contributed by atoms with Crippen LogP contribution < -0.4 is 0 Å². The molecular weight excluding hydrogens is 599 g/mol. The van der Waals surface area contributed by atoms with Crippen LogP contribution >= 0.6 is 0 Å². The molecule has 0 aliphatic heterocycles. The van der Waals surface area contributed by atoms with Gasteiger partial charge in [0.05, 0.1) is 11.0 Å². The van der Waals surface area contributed by atoms with Gasteiger partial charge in [0.1, 0.15) is 16.8 Å². The molecule has 0 spiro atoms. The number of nitrogens with zero attached hydrogens (tertiary/aromatic N) is 3. The third-order valence-corrected chi connectivity index (χ3v) is 10.8. The highest BCUT2D eigenvalue weighted by Crippen LogP contribution is 2.50. The molecular formula is C45H29N3O. The van der Waals surface area contributed by atoms with Crippen molar-refractivity contribution in [1.29, 1.82) is 0 Å². The van der Waals surface area contributed by atoms with Crippen LogP contribution in [0.25, 0.3) is 93.8 Å². The first kappa shape index (κ1) is 26.8. The molecule has 4 nitrogen and oxygen atoms in total. The fourth-order valence-corrected chi connectivity index (χ4v) is 8.41. The van der Waals surface area contributed by atoms with Crippen LogP contribution in [0.15, 0.2) is 144 Å². The molecule has 0 bridgehead atoms. The summed E-state index contributed by atoms with van der Waals surface area (Å²) in [5.41, 5.74) is 11.4. The average Bonchev–Trinajstić information content (AvgIpc) is 3.75. The summed E-state index contributed by atoms with van der Waals surface area (Å²) in [6, 6.07) is 49.9. The lowest BCUT2D eigenvalue weighted by atomic mass is 9.82. The maximum atomic E-state index is 6.60. The van der Waals surface area contributed by atoms with E-state index < -0.39 is 0 Å². The van der Waals surface area contributed by atoms with Crippen LogP contribution in [-0.4, -0.2) is 14.5 Å². The molecule has 0 fully saturated rings. The smallest absolute Gasteiger partial charge is 0.236 e. The summed E-state index contributed by atoms with van der Waals surface area (Å²) in [5.74, 6) is 0.627. The van der Waals surface area contributed by atoms with Gasteiger partial charge in [-0.05, 0) is 80.2 Å². The van der Waals surface area contributed by atoms with E-state index in [0.29, 0.717) is 11.5 Å². The Kier molecular flexibility index (Phi) is 5.15. The zero-order chi connectivity index (χ0) is 32.4. The molecule has 0 N–H and O–H groups in total. The van der Waals surface area contributed by atoms with Crippen molar-refractivity contribution in [2.75, 3.05) is 0 Å². The Morgan fingerprint density at radius 2 is 1.27 bits per heavy atom. The van der Waals surface area contributed by atoms with Crippen LogP contribution in [0.1, 0.15) is 25.0 Å². The molecule has 0 unspecified atom stereocenters. The van der Waals surface area contributed by atoms with Crippen molar-refractivity contribution < 1.29 is 4.42 Å². The van der Waals surface area contributed by atoms with Gasteiger partial charge in [0, 0.05) is 27.1 Å². The lowest BCUT2D eigenvalue weighted by molar-refractivity contribution is 0.659. The fraction of sp³-hybridized carbons (Fsp3) is 0.0667. The molecule has 3 heterocycles. The highest BCUT2D eigenvalue weighted by Gasteiger charge is 2.35. The van der Waals surface area contributed by atoms with Gasteiger partial charge in [-0.1, -0.05) is 117 Å². The molecule has 1 aliphatic rings. The summed E-state index contributed by atoms with van der Waals surface area (Å²) in [4.78, 5) is 10.8. The van der Waals surface area contributed by atoms with Gasteiger partial charge in [-0.15, -0.1) is 0 Å². The average molecular weight is 628 g/mol. The SMILES string of the molecule is CC1(C)c2ccccc2-c2ccc(-c3nc(-n4c5cc6ccccc6cc5c5c6ccccc6ccc54)nc4c3oc3ccccc34)cc21. The van der Waals surface area contributed by atoms with E-state index in [4.69, 9.17) is 14.4 Å². The topological polar surface area (TPSA) is 43.9 Å². The molecule has 0 saturated heterocycles. The molecule has 0 saturated carbocycles. The van der Waals surface area contributed by atoms with Crippen molar-refractivity contribution in [3.8, 4) is 28.3 Å². The Morgan fingerprint density at radius 1 is 0.551 bits per heavy atom. The Bertz CT molecular complexity index is 3030. The van der Waals surface area contributed by atoms with E-state index >= 15 is 0 Å². The Morgan fingerprint density at radius 3 is 2.14 bits per heavy atom. The van der Waals surface area contributed by atoms with Crippen molar-refractivity contribution in [2.24, 2.45) is 0 Å². The first-order chi connectivity index (χ1) is 24.0. The number of furan rings is 1. The van der Waals surface area contributed by atoms with Gasteiger partial charge in [-0.3, -0.25) is 4.57 Å². The minimum atomic E-state index is -0.139. The zero-order valence-corrected chi connectivity index (χ0v) is 27.0. The zero-order valence-electron chi connectivity index (χ0n) is 27.0. The molecule has 49 heavy (non-hydrogen) atoms. The van der Waals surface area contributed by atoms with Gasteiger partial charge in [0.2, 0.25) is 5.95 Å². The molecule has 3 aromatic heterocycles. The molecule has 11 rings (SSSR count). The van der Waals surface area contributed by atoms with Crippen LogP contribution in [0.5, 0.6) is 0 Å². The maximum Gasteiger partial charge on any atom is 0.236 e.